The zero-order chi connectivity index (χ0) is 23.6. The van der Waals surface area contributed by atoms with E-state index < -0.39 is 0 Å². The highest BCUT2D eigenvalue weighted by Crippen LogP contribution is 2.49. The summed E-state index contributed by atoms with van der Waals surface area (Å²) in [5.74, 6) is 1.06. The molecule has 0 unspecified atom stereocenters. The van der Waals surface area contributed by atoms with E-state index >= 15 is 0 Å². The molecule has 5 heteroatoms. The van der Waals surface area contributed by atoms with Crippen molar-refractivity contribution in [3.05, 3.63) is 97.1 Å². The van der Waals surface area contributed by atoms with Crippen molar-refractivity contribution < 1.29 is 4.42 Å². The van der Waals surface area contributed by atoms with Gasteiger partial charge in [0.05, 0.1) is 11.4 Å². The summed E-state index contributed by atoms with van der Waals surface area (Å²) in [4.78, 5) is 5.08. The summed E-state index contributed by atoms with van der Waals surface area (Å²) in [6.45, 7) is 3.28. The van der Waals surface area contributed by atoms with Crippen LogP contribution in [0.5, 0.6) is 0 Å². The highest BCUT2D eigenvalue weighted by molar-refractivity contribution is 7.99. The number of fused-ring (bicyclic) bond motifs is 2. The Labute approximate surface area is 209 Å². The maximum Gasteiger partial charge on any atom is 0.248 e. The third kappa shape index (κ3) is 4.24. The zero-order valence-corrected chi connectivity index (χ0v) is 20.3. The van der Waals surface area contributed by atoms with E-state index in [9.17, 15) is 0 Å². The van der Waals surface area contributed by atoms with Gasteiger partial charge in [0.15, 0.2) is 0 Å². The van der Waals surface area contributed by atoms with Crippen LogP contribution in [0.25, 0.3) is 34.0 Å². The summed E-state index contributed by atoms with van der Waals surface area (Å²) in [5.41, 5.74) is 6.80. The van der Waals surface area contributed by atoms with Crippen LogP contribution >= 0.6 is 11.8 Å². The van der Waals surface area contributed by atoms with Gasteiger partial charge in [-0.15, -0.1) is 10.2 Å². The third-order valence-corrected chi connectivity index (χ3v) is 7.38. The molecule has 1 aromatic heterocycles. The number of hydrogen-bond donors (Lipinski definition) is 0. The fourth-order valence-electron chi connectivity index (χ4n) is 4.41. The van der Waals surface area contributed by atoms with Crippen LogP contribution < -0.4 is 4.90 Å². The summed E-state index contributed by atoms with van der Waals surface area (Å²) < 4.78 is 5.92. The molecule has 0 radical (unpaired) electrons. The number of benzene rings is 4. The molecule has 0 saturated heterocycles. The van der Waals surface area contributed by atoms with E-state index in [1.165, 1.54) is 45.1 Å². The van der Waals surface area contributed by atoms with Crippen molar-refractivity contribution in [1.82, 2.24) is 10.2 Å². The van der Waals surface area contributed by atoms with Crippen molar-refractivity contribution in [3.8, 4) is 34.0 Å². The van der Waals surface area contributed by atoms with Gasteiger partial charge in [-0.1, -0.05) is 73.6 Å². The van der Waals surface area contributed by atoms with Crippen molar-refractivity contribution in [2.24, 2.45) is 0 Å². The van der Waals surface area contributed by atoms with Crippen LogP contribution in [-0.2, 0) is 0 Å². The molecule has 0 amide bonds. The van der Waals surface area contributed by atoms with E-state index in [4.69, 9.17) is 4.42 Å². The molecule has 0 spiro atoms. The fraction of sp³-hybridized carbons (Fsp3) is 0.133. The zero-order valence-electron chi connectivity index (χ0n) is 19.5. The predicted molar refractivity (Wildman–Crippen MR) is 143 cm³/mol. The van der Waals surface area contributed by atoms with Gasteiger partial charge < -0.3 is 9.32 Å². The van der Waals surface area contributed by atoms with Crippen molar-refractivity contribution in [3.63, 3.8) is 0 Å². The number of unbranched alkanes of at least 4 members (excludes halogenated alkanes) is 1. The van der Waals surface area contributed by atoms with Gasteiger partial charge in [-0.2, -0.15) is 0 Å². The molecule has 1 aliphatic rings. The van der Waals surface area contributed by atoms with Gasteiger partial charge in [0, 0.05) is 27.5 Å². The second-order valence-electron chi connectivity index (χ2n) is 8.61. The molecular weight excluding hydrogens is 450 g/mol. The number of hydrogen-bond acceptors (Lipinski definition) is 5. The number of aromatic nitrogens is 2. The Balaban J connectivity index is 1.28. The maximum absolute atomic E-state index is 5.92. The monoisotopic (exact) mass is 475 g/mol. The van der Waals surface area contributed by atoms with Gasteiger partial charge in [-0.25, -0.2) is 0 Å². The minimum Gasteiger partial charge on any atom is -0.416 e. The van der Waals surface area contributed by atoms with Crippen molar-refractivity contribution in [1.29, 1.82) is 0 Å². The molecule has 1 aliphatic heterocycles. The molecule has 5 aromatic rings. The summed E-state index contributed by atoms with van der Waals surface area (Å²) in [5, 5.41) is 8.47. The molecule has 2 heterocycles. The first-order valence-electron chi connectivity index (χ1n) is 12.0. The van der Waals surface area contributed by atoms with Gasteiger partial charge in [0.2, 0.25) is 11.8 Å². The van der Waals surface area contributed by atoms with Gasteiger partial charge in [-0.05, 0) is 66.1 Å². The SMILES string of the molecule is CCCCN1c2ccccc2Sc2cc(-c3ccc(-c4nnc(-c5ccccc5)o4)cc3)ccc21. The fourth-order valence-corrected chi connectivity index (χ4v) is 5.55. The van der Waals surface area contributed by atoms with Gasteiger partial charge >= 0.3 is 0 Å². The summed E-state index contributed by atoms with van der Waals surface area (Å²) in [6.07, 6.45) is 2.35. The van der Waals surface area contributed by atoms with Crippen LogP contribution in [-0.4, -0.2) is 16.7 Å². The first kappa shape index (κ1) is 21.7. The Morgan fingerprint density at radius 3 is 2.06 bits per heavy atom. The van der Waals surface area contributed by atoms with Crippen LogP contribution in [0.15, 0.2) is 111 Å². The highest BCUT2D eigenvalue weighted by Gasteiger charge is 2.23. The topological polar surface area (TPSA) is 42.2 Å². The van der Waals surface area contributed by atoms with Crippen LogP contribution in [0.3, 0.4) is 0 Å². The van der Waals surface area contributed by atoms with E-state index in [1.807, 2.05) is 54.2 Å². The van der Waals surface area contributed by atoms with Crippen LogP contribution in [0.2, 0.25) is 0 Å². The van der Waals surface area contributed by atoms with E-state index in [1.54, 1.807) is 0 Å². The normalized spacial score (nSPS) is 12.3. The summed E-state index contributed by atoms with van der Waals surface area (Å²) in [7, 11) is 0. The van der Waals surface area contributed by atoms with Crippen molar-refractivity contribution in [2.75, 3.05) is 11.4 Å². The third-order valence-electron chi connectivity index (χ3n) is 6.27. The lowest BCUT2D eigenvalue weighted by atomic mass is 10.0. The van der Waals surface area contributed by atoms with Gasteiger partial charge in [-0.3, -0.25) is 0 Å². The van der Waals surface area contributed by atoms with Crippen molar-refractivity contribution >= 4 is 23.1 Å². The molecule has 4 aromatic carbocycles. The predicted octanol–water partition coefficient (Wildman–Crippen LogP) is 8.47. The second-order valence-corrected chi connectivity index (χ2v) is 9.70. The van der Waals surface area contributed by atoms with Crippen LogP contribution in [0.4, 0.5) is 11.4 Å². The molecule has 35 heavy (non-hydrogen) atoms. The Morgan fingerprint density at radius 2 is 1.29 bits per heavy atom. The molecule has 0 aliphatic carbocycles. The lowest BCUT2D eigenvalue weighted by Crippen LogP contribution is -2.21. The molecule has 0 saturated carbocycles. The largest absolute Gasteiger partial charge is 0.416 e. The molecular formula is C30H25N3OS. The Morgan fingerprint density at radius 1 is 0.657 bits per heavy atom. The molecule has 6 rings (SSSR count). The lowest BCUT2D eigenvalue weighted by molar-refractivity contribution is 0.584. The minimum atomic E-state index is 0.527. The van der Waals surface area contributed by atoms with Crippen LogP contribution in [0, 0.1) is 0 Å². The van der Waals surface area contributed by atoms with E-state index in [-0.39, 0.29) is 0 Å². The number of nitrogens with zero attached hydrogens (tertiary/aromatic N) is 3. The van der Waals surface area contributed by atoms with Crippen LogP contribution in [0.1, 0.15) is 19.8 Å². The Bertz CT molecular complexity index is 1460. The average molecular weight is 476 g/mol. The minimum absolute atomic E-state index is 0.527. The molecule has 0 N–H and O–H groups in total. The van der Waals surface area contributed by atoms with E-state index in [0.29, 0.717) is 11.8 Å². The quantitative estimate of drug-likeness (QED) is 0.246. The second kappa shape index (κ2) is 9.43. The van der Waals surface area contributed by atoms with E-state index in [0.717, 1.165) is 17.7 Å². The number of rotatable bonds is 6. The Kier molecular flexibility index (Phi) is 5.84. The standard InChI is InChI=1S/C30H25N3OS/c1-2-3-19-33-25-11-7-8-12-27(25)35-28-20-24(17-18-26(28)33)21-13-15-23(16-14-21)30-32-31-29(34-30)22-9-5-4-6-10-22/h4-18,20H,2-3,19H2,1H3. The number of anilines is 2. The molecule has 0 bridgehead atoms. The molecule has 0 atom stereocenters. The Hall–Kier alpha value is -3.83. The van der Waals surface area contributed by atoms with Gasteiger partial charge in [0.1, 0.15) is 0 Å². The smallest absolute Gasteiger partial charge is 0.248 e. The maximum atomic E-state index is 5.92. The lowest BCUT2D eigenvalue weighted by Gasteiger charge is -2.33. The van der Waals surface area contributed by atoms with Crippen molar-refractivity contribution in [2.45, 2.75) is 29.6 Å². The number of para-hydroxylation sites is 1. The first-order chi connectivity index (χ1) is 17.3. The summed E-state index contributed by atoms with van der Waals surface area (Å²) >= 11 is 1.85. The van der Waals surface area contributed by atoms with Gasteiger partial charge in [0.25, 0.3) is 0 Å². The first-order valence-corrected chi connectivity index (χ1v) is 12.8. The highest BCUT2D eigenvalue weighted by atomic mass is 32.2. The molecule has 0 fully saturated rings. The molecule has 172 valence electrons. The summed E-state index contributed by atoms with van der Waals surface area (Å²) in [6, 6.07) is 33.7. The van der Waals surface area contributed by atoms with E-state index in [2.05, 4.69) is 76.6 Å². The average Bonchev–Trinajstić information content (AvgIpc) is 3.42. The molecule has 4 nitrogen and oxygen atoms in total.